The third-order valence-electron chi connectivity index (χ3n) is 2.36. The molecule has 74 valence electrons. The third-order valence-corrected chi connectivity index (χ3v) is 2.36. The van der Waals surface area contributed by atoms with Gasteiger partial charge in [-0.1, -0.05) is 52.4 Å². The van der Waals surface area contributed by atoms with E-state index in [0.29, 0.717) is 6.04 Å². The summed E-state index contributed by atoms with van der Waals surface area (Å²) in [7, 11) is 0. The van der Waals surface area contributed by atoms with Crippen LogP contribution in [0.15, 0.2) is 0 Å². The van der Waals surface area contributed by atoms with Gasteiger partial charge >= 0.3 is 0 Å². The van der Waals surface area contributed by atoms with Crippen molar-refractivity contribution in [2.24, 2.45) is 5.73 Å². The molecule has 2 N–H and O–H groups in total. The molecular formula is C11H25N. The number of hydrogen-bond acceptors (Lipinski definition) is 1. The van der Waals surface area contributed by atoms with Crippen LogP contribution in [0.5, 0.6) is 0 Å². The molecule has 0 aliphatic rings. The number of hydrogen-bond donors (Lipinski definition) is 1. The molecule has 1 atom stereocenters. The van der Waals surface area contributed by atoms with Crippen molar-refractivity contribution in [2.45, 2.75) is 71.3 Å². The molecule has 0 bridgehead atoms. The average molecular weight is 171 g/mol. The Hall–Kier alpha value is -0.0400. The first-order valence-corrected chi connectivity index (χ1v) is 5.56. The van der Waals surface area contributed by atoms with Crippen LogP contribution in [0.2, 0.25) is 0 Å². The number of unbranched alkanes of at least 4 members (excludes halogenated alkanes) is 4. The monoisotopic (exact) mass is 171 g/mol. The van der Waals surface area contributed by atoms with Gasteiger partial charge in [0, 0.05) is 6.04 Å². The second kappa shape index (κ2) is 9.05. The van der Waals surface area contributed by atoms with Gasteiger partial charge in [0.1, 0.15) is 0 Å². The van der Waals surface area contributed by atoms with E-state index in [0.717, 1.165) is 0 Å². The van der Waals surface area contributed by atoms with Crippen LogP contribution >= 0.6 is 0 Å². The first-order chi connectivity index (χ1) is 5.81. The molecule has 0 amide bonds. The zero-order valence-electron chi connectivity index (χ0n) is 8.81. The van der Waals surface area contributed by atoms with Crippen LogP contribution in [0, 0.1) is 0 Å². The highest BCUT2D eigenvalue weighted by atomic mass is 14.6. The van der Waals surface area contributed by atoms with Crippen LogP contribution in [0.4, 0.5) is 0 Å². The quantitative estimate of drug-likeness (QED) is 0.556. The Bertz CT molecular complexity index is 81.1. The maximum absolute atomic E-state index is 5.94. The fourth-order valence-corrected chi connectivity index (χ4v) is 1.44. The van der Waals surface area contributed by atoms with Crippen molar-refractivity contribution in [3.8, 4) is 0 Å². The molecule has 1 heteroatoms. The van der Waals surface area contributed by atoms with Gasteiger partial charge in [0.15, 0.2) is 0 Å². The fourth-order valence-electron chi connectivity index (χ4n) is 1.44. The molecule has 0 spiro atoms. The fraction of sp³-hybridized carbons (Fsp3) is 1.00. The van der Waals surface area contributed by atoms with E-state index in [1.807, 2.05) is 0 Å². The van der Waals surface area contributed by atoms with Crippen molar-refractivity contribution in [1.29, 1.82) is 0 Å². The maximum Gasteiger partial charge on any atom is 0.00388 e. The molecule has 0 heterocycles. The van der Waals surface area contributed by atoms with Crippen LogP contribution in [0.25, 0.3) is 0 Å². The molecule has 0 fully saturated rings. The SMILES string of the molecule is CCCCCC[C@H](N)CCCC. The summed E-state index contributed by atoms with van der Waals surface area (Å²) in [5.74, 6) is 0. The third kappa shape index (κ3) is 8.06. The first kappa shape index (κ1) is 12.0. The molecule has 0 saturated heterocycles. The molecule has 0 aliphatic carbocycles. The van der Waals surface area contributed by atoms with Gasteiger partial charge in [-0.05, 0) is 12.8 Å². The molecular weight excluding hydrogens is 146 g/mol. The Kier molecular flexibility index (Phi) is 9.02. The summed E-state index contributed by atoms with van der Waals surface area (Å²) in [6.45, 7) is 4.47. The Balaban J connectivity index is 3.02. The summed E-state index contributed by atoms with van der Waals surface area (Å²) in [5, 5.41) is 0. The van der Waals surface area contributed by atoms with Gasteiger partial charge in [0.05, 0.1) is 0 Å². The lowest BCUT2D eigenvalue weighted by Crippen LogP contribution is -2.19. The highest BCUT2D eigenvalue weighted by Gasteiger charge is 2.00. The number of nitrogens with two attached hydrogens (primary N) is 1. The summed E-state index contributed by atoms with van der Waals surface area (Å²) >= 11 is 0. The van der Waals surface area contributed by atoms with E-state index < -0.39 is 0 Å². The molecule has 0 rings (SSSR count). The minimum Gasteiger partial charge on any atom is -0.328 e. The zero-order valence-corrected chi connectivity index (χ0v) is 8.81. The van der Waals surface area contributed by atoms with Crippen molar-refractivity contribution >= 4 is 0 Å². The topological polar surface area (TPSA) is 26.0 Å². The maximum atomic E-state index is 5.94. The van der Waals surface area contributed by atoms with Gasteiger partial charge in [-0.3, -0.25) is 0 Å². The molecule has 0 radical (unpaired) electrons. The Morgan fingerprint density at radius 3 is 2.00 bits per heavy atom. The van der Waals surface area contributed by atoms with Crippen molar-refractivity contribution in [3.05, 3.63) is 0 Å². The first-order valence-electron chi connectivity index (χ1n) is 5.56. The molecule has 0 aromatic rings. The highest BCUT2D eigenvalue weighted by molar-refractivity contribution is 4.60. The van der Waals surface area contributed by atoms with E-state index >= 15 is 0 Å². The van der Waals surface area contributed by atoms with Crippen molar-refractivity contribution in [3.63, 3.8) is 0 Å². The Morgan fingerprint density at radius 1 is 0.833 bits per heavy atom. The summed E-state index contributed by atoms with van der Waals surface area (Å²) in [5.41, 5.74) is 5.94. The van der Waals surface area contributed by atoms with Gasteiger partial charge in [-0.15, -0.1) is 0 Å². The summed E-state index contributed by atoms with van der Waals surface area (Å²) < 4.78 is 0. The van der Waals surface area contributed by atoms with Crippen molar-refractivity contribution in [1.82, 2.24) is 0 Å². The van der Waals surface area contributed by atoms with Gasteiger partial charge in [-0.2, -0.15) is 0 Å². The van der Waals surface area contributed by atoms with Gasteiger partial charge in [-0.25, -0.2) is 0 Å². The average Bonchev–Trinajstić information content (AvgIpc) is 2.09. The molecule has 0 saturated carbocycles. The largest absolute Gasteiger partial charge is 0.328 e. The van der Waals surface area contributed by atoms with Crippen LogP contribution in [0.3, 0.4) is 0 Å². The molecule has 0 unspecified atom stereocenters. The van der Waals surface area contributed by atoms with Gasteiger partial charge in [0.25, 0.3) is 0 Å². The van der Waals surface area contributed by atoms with Crippen LogP contribution in [-0.4, -0.2) is 6.04 Å². The molecule has 12 heavy (non-hydrogen) atoms. The second-order valence-electron chi connectivity index (χ2n) is 3.75. The lowest BCUT2D eigenvalue weighted by atomic mass is 10.0. The smallest absolute Gasteiger partial charge is 0.00388 e. The minimum atomic E-state index is 0.474. The Labute approximate surface area is 77.7 Å². The Morgan fingerprint density at radius 2 is 1.42 bits per heavy atom. The molecule has 0 aromatic carbocycles. The summed E-state index contributed by atoms with van der Waals surface area (Å²) in [6, 6.07) is 0.474. The van der Waals surface area contributed by atoms with Crippen LogP contribution in [-0.2, 0) is 0 Å². The standard InChI is InChI=1S/C11H25N/c1-3-5-7-8-10-11(12)9-6-4-2/h11H,3-10,12H2,1-2H3/t11-/m1/s1. The van der Waals surface area contributed by atoms with E-state index in [-0.39, 0.29) is 0 Å². The summed E-state index contributed by atoms with van der Waals surface area (Å²) in [6.07, 6.45) is 10.4. The minimum absolute atomic E-state index is 0.474. The normalized spacial score (nSPS) is 13.2. The molecule has 0 aliphatic heterocycles. The molecule has 1 nitrogen and oxygen atoms in total. The predicted molar refractivity (Wildman–Crippen MR) is 56.3 cm³/mol. The van der Waals surface area contributed by atoms with E-state index in [1.165, 1.54) is 51.4 Å². The highest BCUT2D eigenvalue weighted by Crippen LogP contribution is 2.08. The van der Waals surface area contributed by atoms with E-state index in [2.05, 4.69) is 13.8 Å². The zero-order chi connectivity index (χ0) is 9.23. The summed E-state index contributed by atoms with van der Waals surface area (Å²) in [4.78, 5) is 0. The van der Waals surface area contributed by atoms with Crippen molar-refractivity contribution < 1.29 is 0 Å². The lowest BCUT2D eigenvalue weighted by Gasteiger charge is -2.09. The lowest BCUT2D eigenvalue weighted by molar-refractivity contribution is 0.505. The van der Waals surface area contributed by atoms with E-state index in [1.54, 1.807) is 0 Å². The van der Waals surface area contributed by atoms with Gasteiger partial charge < -0.3 is 5.73 Å². The molecule has 0 aromatic heterocycles. The van der Waals surface area contributed by atoms with Gasteiger partial charge in [0.2, 0.25) is 0 Å². The van der Waals surface area contributed by atoms with Crippen LogP contribution in [0.1, 0.15) is 65.2 Å². The van der Waals surface area contributed by atoms with Crippen molar-refractivity contribution in [2.75, 3.05) is 0 Å². The van der Waals surface area contributed by atoms with E-state index in [4.69, 9.17) is 5.73 Å². The van der Waals surface area contributed by atoms with E-state index in [9.17, 15) is 0 Å². The van der Waals surface area contributed by atoms with Crippen LogP contribution < -0.4 is 5.73 Å². The second-order valence-corrected chi connectivity index (χ2v) is 3.75. The number of rotatable bonds is 8. The predicted octanol–water partition coefficient (Wildman–Crippen LogP) is 3.47.